The van der Waals surface area contributed by atoms with Crippen molar-refractivity contribution in [2.75, 3.05) is 0 Å². The molecule has 0 fully saturated rings. The van der Waals surface area contributed by atoms with Crippen LogP contribution in [0, 0.1) is 11.3 Å². The molecule has 0 amide bonds. The Balaban J connectivity index is 2.35. The molecule has 0 saturated heterocycles. The molecule has 0 unspecified atom stereocenters. The molecule has 1 aliphatic rings. The van der Waals surface area contributed by atoms with Crippen molar-refractivity contribution >= 4 is 0 Å². The maximum absolute atomic E-state index is 9.14. The second-order valence-electron chi connectivity index (χ2n) is 3.96. The Kier molecular flexibility index (Phi) is 1.97. The molecule has 3 rings (SSSR count). The largest absolute Gasteiger partial charge is 0.256 e. The zero-order valence-electron chi connectivity index (χ0n) is 8.77. The highest BCUT2D eigenvalue weighted by atomic mass is 14.7. The summed E-state index contributed by atoms with van der Waals surface area (Å²) in [4.78, 5) is 4.42. The molecule has 0 atom stereocenters. The molecule has 2 nitrogen and oxygen atoms in total. The Morgan fingerprint density at radius 1 is 1.06 bits per heavy atom. The molecule has 2 heteroatoms. The van der Waals surface area contributed by atoms with E-state index in [1.807, 2.05) is 18.2 Å². The first-order valence-electron chi connectivity index (χ1n) is 5.36. The van der Waals surface area contributed by atoms with E-state index >= 15 is 0 Å². The first kappa shape index (κ1) is 9.11. The number of hydrogen-bond donors (Lipinski definition) is 0. The third-order valence-electron chi connectivity index (χ3n) is 3.06. The van der Waals surface area contributed by atoms with Crippen LogP contribution >= 0.6 is 0 Å². The van der Waals surface area contributed by atoms with Gasteiger partial charge in [-0.25, -0.2) is 0 Å². The van der Waals surface area contributed by atoms with E-state index in [1.165, 1.54) is 11.1 Å². The van der Waals surface area contributed by atoms with E-state index in [4.69, 9.17) is 5.26 Å². The first-order chi connectivity index (χ1) is 7.90. The summed E-state index contributed by atoms with van der Waals surface area (Å²) in [5, 5.41) is 9.14. The average molecular weight is 206 g/mol. The molecule has 0 bridgehead atoms. The zero-order valence-corrected chi connectivity index (χ0v) is 8.77. The minimum Gasteiger partial charge on any atom is -0.256 e. The predicted octanol–water partition coefficient (Wildman–Crippen LogP) is 2.72. The summed E-state index contributed by atoms with van der Waals surface area (Å²) in [6, 6.07) is 12.2. The number of nitriles is 1. The van der Waals surface area contributed by atoms with Crippen molar-refractivity contribution in [1.82, 2.24) is 4.98 Å². The van der Waals surface area contributed by atoms with Gasteiger partial charge in [-0.15, -0.1) is 0 Å². The lowest BCUT2D eigenvalue weighted by Gasteiger charge is -2.19. The van der Waals surface area contributed by atoms with Gasteiger partial charge in [-0.2, -0.15) is 5.26 Å². The number of nitrogens with zero attached hydrogens (tertiary/aromatic N) is 2. The molecule has 0 spiro atoms. The topological polar surface area (TPSA) is 36.7 Å². The lowest BCUT2D eigenvalue weighted by atomic mass is 9.86. The molecule has 0 N–H and O–H groups in total. The maximum Gasteiger partial charge on any atom is 0.0998 e. The van der Waals surface area contributed by atoms with Gasteiger partial charge in [0, 0.05) is 11.8 Å². The molecule has 1 aromatic heterocycles. The van der Waals surface area contributed by atoms with Gasteiger partial charge in [0.15, 0.2) is 0 Å². The molecule has 1 aliphatic carbocycles. The Morgan fingerprint density at radius 2 is 1.88 bits per heavy atom. The normalized spacial score (nSPS) is 12.4. The van der Waals surface area contributed by atoms with E-state index in [0.717, 1.165) is 29.7 Å². The molecule has 1 aromatic carbocycles. The Labute approximate surface area is 94.2 Å². The molecule has 0 aliphatic heterocycles. The molecule has 0 radical (unpaired) electrons. The van der Waals surface area contributed by atoms with Crippen LogP contribution in [-0.4, -0.2) is 4.98 Å². The standard InChI is InChI=1S/C14H10N2/c15-9-12-4-1-3-10-6-7-11-5-2-8-16-14(11)13(10)12/h1-5,8H,6-7H2. The number of aryl methyl sites for hydroxylation is 2. The Hall–Kier alpha value is -2.14. The van der Waals surface area contributed by atoms with Gasteiger partial charge in [0.1, 0.15) is 0 Å². The Morgan fingerprint density at radius 3 is 2.75 bits per heavy atom. The summed E-state index contributed by atoms with van der Waals surface area (Å²) in [5.41, 5.74) is 5.24. The van der Waals surface area contributed by atoms with E-state index in [2.05, 4.69) is 23.2 Å². The van der Waals surface area contributed by atoms with Crippen molar-refractivity contribution in [3.63, 3.8) is 0 Å². The van der Waals surface area contributed by atoms with Crippen LogP contribution in [0.4, 0.5) is 0 Å². The summed E-state index contributed by atoms with van der Waals surface area (Å²) in [6.45, 7) is 0. The average Bonchev–Trinajstić information content (AvgIpc) is 2.37. The van der Waals surface area contributed by atoms with Gasteiger partial charge in [-0.05, 0) is 36.1 Å². The number of hydrogen-bond acceptors (Lipinski definition) is 2. The molecule has 76 valence electrons. The molecular formula is C14H10N2. The summed E-state index contributed by atoms with van der Waals surface area (Å²) < 4.78 is 0. The zero-order chi connectivity index (χ0) is 11.0. The second-order valence-corrected chi connectivity index (χ2v) is 3.96. The van der Waals surface area contributed by atoms with Gasteiger partial charge in [-0.3, -0.25) is 4.98 Å². The lowest BCUT2D eigenvalue weighted by molar-refractivity contribution is 0.926. The van der Waals surface area contributed by atoms with E-state index in [0.29, 0.717) is 0 Å². The van der Waals surface area contributed by atoms with E-state index in [1.54, 1.807) is 6.20 Å². The van der Waals surface area contributed by atoms with Crippen LogP contribution in [0.5, 0.6) is 0 Å². The van der Waals surface area contributed by atoms with Gasteiger partial charge >= 0.3 is 0 Å². The summed E-state index contributed by atoms with van der Waals surface area (Å²) in [6.07, 6.45) is 3.82. The van der Waals surface area contributed by atoms with Crippen LogP contribution in [0.25, 0.3) is 11.3 Å². The van der Waals surface area contributed by atoms with E-state index in [-0.39, 0.29) is 0 Å². The Bertz CT molecular complexity index is 594. The summed E-state index contributed by atoms with van der Waals surface area (Å²) in [5.74, 6) is 0. The van der Waals surface area contributed by atoms with Crippen molar-refractivity contribution in [3.05, 3.63) is 53.2 Å². The fourth-order valence-electron chi connectivity index (χ4n) is 2.32. The third kappa shape index (κ3) is 1.22. The van der Waals surface area contributed by atoms with Gasteiger partial charge in [0.05, 0.1) is 17.3 Å². The van der Waals surface area contributed by atoms with Gasteiger partial charge in [0.25, 0.3) is 0 Å². The highest BCUT2D eigenvalue weighted by Gasteiger charge is 2.19. The number of aromatic nitrogens is 1. The summed E-state index contributed by atoms with van der Waals surface area (Å²) >= 11 is 0. The van der Waals surface area contributed by atoms with Gasteiger partial charge < -0.3 is 0 Å². The number of fused-ring (bicyclic) bond motifs is 3. The minimum atomic E-state index is 0.733. The van der Waals surface area contributed by atoms with Crippen LogP contribution in [-0.2, 0) is 12.8 Å². The molecule has 1 heterocycles. The molecule has 2 aromatic rings. The predicted molar refractivity (Wildman–Crippen MR) is 61.8 cm³/mol. The number of pyridine rings is 1. The van der Waals surface area contributed by atoms with Crippen LogP contribution < -0.4 is 0 Å². The quantitative estimate of drug-likeness (QED) is 0.664. The third-order valence-corrected chi connectivity index (χ3v) is 3.06. The van der Waals surface area contributed by atoms with Crippen molar-refractivity contribution in [2.45, 2.75) is 12.8 Å². The van der Waals surface area contributed by atoms with Crippen molar-refractivity contribution in [3.8, 4) is 17.3 Å². The molecular weight excluding hydrogens is 196 g/mol. The second kappa shape index (κ2) is 3.46. The fraction of sp³-hybridized carbons (Fsp3) is 0.143. The maximum atomic E-state index is 9.14. The highest BCUT2D eigenvalue weighted by molar-refractivity contribution is 5.75. The monoisotopic (exact) mass is 206 g/mol. The van der Waals surface area contributed by atoms with Gasteiger partial charge in [0.2, 0.25) is 0 Å². The minimum absolute atomic E-state index is 0.733. The number of benzene rings is 1. The van der Waals surface area contributed by atoms with Crippen LogP contribution in [0.2, 0.25) is 0 Å². The lowest BCUT2D eigenvalue weighted by Crippen LogP contribution is -2.06. The van der Waals surface area contributed by atoms with Crippen LogP contribution in [0.1, 0.15) is 16.7 Å². The highest BCUT2D eigenvalue weighted by Crippen LogP contribution is 2.33. The van der Waals surface area contributed by atoms with Crippen LogP contribution in [0.3, 0.4) is 0 Å². The van der Waals surface area contributed by atoms with Crippen molar-refractivity contribution in [2.24, 2.45) is 0 Å². The smallest absolute Gasteiger partial charge is 0.0998 e. The summed E-state index contributed by atoms with van der Waals surface area (Å²) in [7, 11) is 0. The number of rotatable bonds is 0. The SMILES string of the molecule is N#Cc1cccc2c1-c1ncccc1CC2. The van der Waals surface area contributed by atoms with Crippen molar-refractivity contribution < 1.29 is 0 Å². The van der Waals surface area contributed by atoms with Crippen molar-refractivity contribution in [1.29, 1.82) is 5.26 Å². The van der Waals surface area contributed by atoms with E-state index in [9.17, 15) is 0 Å². The molecule has 16 heavy (non-hydrogen) atoms. The van der Waals surface area contributed by atoms with E-state index < -0.39 is 0 Å². The van der Waals surface area contributed by atoms with Crippen LogP contribution in [0.15, 0.2) is 36.5 Å². The van der Waals surface area contributed by atoms with Gasteiger partial charge in [-0.1, -0.05) is 18.2 Å². The molecule has 0 saturated carbocycles. The first-order valence-corrected chi connectivity index (χ1v) is 5.36. The fourth-order valence-corrected chi connectivity index (χ4v) is 2.32.